The summed E-state index contributed by atoms with van der Waals surface area (Å²) in [5.74, 6) is -0.474. The molecule has 0 atom stereocenters. The maximum absolute atomic E-state index is 11.0. The van der Waals surface area contributed by atoms with Crippen molar-refractivity contribution in [2.45, 2.75) is 32.6 Å². The standard InChI is InChI=1S/C12H18O4S/c1-2-5-9-8-10(11(17-9)12(14)15)16-7-4-3-6-13/h8,13H,2-7H2,1H3,(H,14,15). The van der Waals surface area contributed by atoms with Crippen LogP contribution in [0.3, 0.4) is 0 Å². The molecular weight excluding hydrogens is 240 g/mol. The number of hydrogen-bond acceptors (Lipinski definition) is 4. The van der Waals surface area contributed by atoms with Crippen LogP contribution in [0.25, 0.3) is 0 Å². The summed E-state index contributed by atoms with van der Waals surface area (Å²) in [4.78, 5) is 12.3. The van der Waals surface area contributed by atoms with E-state index in [1.807, 2.05) is 6.07 Å². The van der Waals surface area contributed by atoms with Crippen LogP contribution >= 0.6 is 11.3 Å². The van der Waals surface area contributed by atoms with Crippen LogP contribution in [0, 0.1) is 0 Å². The van der Waals surface area contributed by atoms with Gasteiger partial charge in [-0.2, -0.15) is 0 Å². The number of carboxylic acids is 1. The van der Waals surface area contributed by atoms with Crippen LogP contribution in [-0.2, 0) is 6.42 Å². The predicted molar refractivity (Wildman–Crippen MR) is 67.1 cm³/mol. The quantitative estimate of drug-likeness (QED) is 0.703. The molecule has 0 aliphatic carbocycles. The van der Waals surface area contributed by atoms with Crippen molar-refractivity contribution < 1.29 is 19.7 Å². The van der Waals surface area contributed by atoms with Crippen LogP contribution in [0.15, 0.2) is 6.07 Å². The first-order valence-corrected chi connectivity index (χ1v) is 6.60. The maximum Gasteiger partial charge on any atom is 0.349 e. The summed E-state index contributed by atoms with van der Waals surface area (Å²) in [6.45, 7) is 2.64. The largest absolute Gasteiger partial charge is 0.492 e. The molecule has 0 aromatic carbocycles. The Balaban J connectivity index is 2.64. The van der Waals surface area contributed by atoms with Gasteiger partial charge in [0.25, 0.3) is 0 Å². The second-order valence-corrected chi connectivity index (χ2v) is 4.88. The summed E-state index contributed by atoms with van der Waals surface area (Å²) in [6, 6.07) is 1.82. The number of aryl methyl sites for hydroxylation is 1. The smallest absolute Gasteiger partial charge is 0.349 e. The summed E-state index contributed by atoms with van der Waals surface area (Å²) in [5.41, 5.74) is 0. The predicted octanol–water partition coefficient (Wildman–Crippen LogP) is 2.55. The van der Waals surface area contributed by atoms with Gasteiger partial charge in [0.1, 0.15) is 5.75 Å². The van der Waals surface area contributed by atoms with Crippen LogP contribution in [0.2, 0.25) is 0 Å². The molecule has 0 aliphatic rings. The van der Waals surface area contributed by atoms with Crippen molar-refractivity contribution in [1.29, 1.82) is 0 Å². The topological polar surface area (TPSA) is 66.8 Å². The van der Waals surface area contributed by atoms with E-state index in [4.69, 9.17) is 14.9 Å². The van der Waals surface area contributed by atoms with E-state index in [0.29, 0.717) is 18.8 Å². The van der Waals surface area contributed by atoms with E-state index >= 15 is 0 Å². The number of rotatable bonds is 8. The number of aliphatic hydroxyl groups is 1. The zero-order chi connectivity index (χ0) is 12.7. The number of aliphatic hydroxyl groups excluding tert-OH is 1. The number of ether oxygens (including phenoxy) is 1. The number of carbonyl (C=O) groups is 1. The Hall–Kier alpha value is -1.07. The van der Waals surface area contributed by atoms with E-state index in [9.17, 15) is 4.79 Å². The lowest BCUT2D eigenvalue weighted by atomic mass is 10.3. The van der Waals surface area contributed by atoms with E-state index in [2.05, 4.69) is 6.92 Å². The molecule has 0 aliphatic heterocycles. The van der Waals surface area contributed by atoms with Crippen LogP contribution in [0.5, 0.6) is 5.75 Å². The summed E-state index contributed by atoms with van der Waals surface area (Å²) >= 11 is 1.28. The Bertz CT molecular complexity index is 359. The minimum Gasteiger partial charge on any atom is -0.492 e. The molecular formula is C12H18O4S. The maximum atomic E-state index is 11.0. The van der Waals surface area contributed by atoms with E-state index in [1.54, 1.807) is 0 Å². The van der Waals surface area contributed by atoms with Crippen LogP contribution in [-0.4, -0.2) is 29.4 Å². The summed E-state index contributed by atoms with van der Waals surface area (Å²) < 4.78 is 5.45. The van der Waals surface area contributed by atoms with Gasteiger partial charge in [0.15, 0.2) is 4.88 Å². The van der Waals surface area contributed by atoms with Gasteiger partial charge in [-0.15, -0.1) is 11.3 Å². The number of thiophene rings is 1. The lowest BCUT2D eigenvalue weighted by molar-refractivity contribution is 0.0698. The Morgan fingerprint density at radius 3 is 2.82 bits per heavy atom. The third-order valence-electron chi connectivity index (χ3n) is 2.25. The highest BCUT2D eigenvalue weighted by molar-refractivity contribution is 7.14. The molecule has 4 nitrogen and oxygen atoms in total. The van der Waals surface area contributed by atoms with Gasteiger partial charge in [-0.25, -0.2) is 4.79 Å². The highest BCUT2D eigenvalue weighted by Crippen LogP contribution is 2.30. The summed E-state index contributed by atoms with van der Waals surface area (Å²) in [5, 5.41) is 17.7. The van der Waals surface area contributed by atoms with E-state index < -0.39 is 5.97 Å². The fourth-order valence-corrected chi connectivity index (χ4v) is 2.48. The molecule has 1 aromatic heterocycles. The van der Waals surface area contributed by atoms with E-state index in [0.717, 1.165) is 24.1 Å². The molecule has 2 N–H and O–H groups in total. The molecule has 1 rings (SSSR count). The highest BCUT2D eigenvalue weighted by Gasteiger charge is 2.16. The summed E-state index contributed by atoms with van der Waals surface area (Å²) in [7, 11) is 0. The van der Waals surface area contributed by atoms with Gasteiger partial charge >= 0.3 is 5.97 Å². The van der Waals surface area contributed by atoms with E-state index in [1.165, 1.54) is 11.3 Å². The number of carboxylic acid groups (broad SMARTS) is 1. The Kier molecular flexibility index (Phi) is 6.00. The van der Waals surface area contributed by atoms with Crippen molar-refractivity contribution in [1.82, 2.24) is 0 Å². The zero-order valence-electron chi connectivity index (χ0n) is 9.94. The van der Waals surface area contributed by atoms with Gasteiger partial charge < -0.3 is 14.9 Å². The second-order valence-electron chi connectivity index (χ2n) is 3.74. The number of aromatic carboxylic acids is 1. The lowest BCUT2D eigenvalue weighted by Crippen LogP contribution is -2.02. The fourth-order valence-electron chi connectivity index (χ4n) is 1.44. The molecule has 96 valence electrons. The zero-order valence-corrected chi connectivity index (χ0v) is 10.8. The van der Waals surface area contributed by atoms with Crippen molar-refractivity contribution in [3.8, 4) is 5.75 Å². The van der Waals surface area contributed by atoms with Crippen LogP contribution < -0.4 is 4.74 Å². The molecule has 0 bridgehead atoms. The van der Waals surface area contributed by atoms with Crippen LogP contribution in [0.1, 0.15) is 40.7 Å². The molecule has 0 fully saturated rings. The first kappa shape index (κ1) is 14.0. The number of hydrogen-bond donors (Lipinski definition) is 2. The van der Waals surface area contributed by atoms with Gasteiger partial charge in [0.05, 0.1) is 6.61 Å². The van der Waals surface area contributed by atoms with Gasteiger partial charge in [-0.1, -0.05) is 13.3 Å². The molecule has 1 heterocycles. The Morgan fingerprint density at radius 1 is 1.47 bits per heavy atom. The van der Waals surface area contributed by atoms with Crippen LogP contribution in [0.4, 0.5) is 0 Å². The minimum atomic E-state index is -0.936. The average Bonchev–Trinajstić information content (AvgIpc) is 2.68. The fraction of sp³-hybridized carbons (Fsp3) is 0.583. The molecule has 0 saturated heterocycles. The molecule has 0 amide bonds. The monoisotopic (exact) mass is 258 g/mol. The average molecular weight is 258 g/mol. The molecule has 0 spiro atoms. The van der Waals surface area contributed by atoms with Crippen molar-refractivity contribution in [3.05, 3.63) is 15.8 Å². The SMILES string of the molecule is CCCc1cc(OCCCCO)c(C(=O)O)s1. The van der Waals surface area contributed by atoms with Crippen molar-refractivity contribution in [2.24, 2.45) is 0 Å². The van der Waals surface area contributed by atoms with Crippen molar-refractivity contribution >= 4 is 17.3 Å². The lowest BCUT2D eigenvalue weighted by Gasteiger charge is -2.03. The molecule has 0 saturated carbocycles. The minimum absolute atomic E-state index is 0.139. The number of unbranched alkanes of at least 4 members (excludes halogenated alkanes) is 1. The Labute approximate surface area is 105 Å². The molecule has 5 heteroatoms. The van der Waals surface area contributed by atoms with Gasteiger partial charge in [-0.05, 0) is 25.3 Å². The van der Waals surface area contributed by atoms with E-state index in [-0.39, 0.29) is 11.5 Å². The van der Waals surface area contributed by atoms with Crippen molar-refractivity contribution in [2.75, 3.05) is 13.2 Å². The molecule has 0 radical (unpaired) electrons. The normalized spacial score (nSPS) is 10.5. The highest BCUT2D eigenvalue weighted by atomic mass is 32.1. The van der Waals surface area contributed by atoms with Crippen molar-refractivity contribution in [3.63, 3.8) is 0 Å². The first-order valence-electron chi connectivity index (χ1n) is 5.78. The molecule has 0 unspecified atom stereocenters. The molecule has 1 aromatic rings. The molecule has 17 heavy (non-hydrogen) atoms. The van der Waals surface area contributed by atoms with Gasteiger partial charge in [-0.3, -0.25) is 0 Å². The second kappa shape index (κ2) is 7.29. The van der Waals surface area contributed by atoms with Gasteiger partial charge in [0.2, 0.25) is 0 Å². The third kappa shape index (κ3) is 4.36. The summed E-state index contributed by atoms with van der Waals surface area (Å²) in [6.07, 6.45) is 3.28. The van der Waals surface area contributed by atoms with Gasteiger partial charge in [0, 0.05) is 11.5 Å². The first-order chi connectivity index (χ1) is 8.19. The third-order valence-corrected chi connectivity index (χ3v) is 3.41. The Morgan fingerprint density at radius 2 is 2.24 bits per heavy atom.